The van der Waals surface area contributed by atoms with Gasteiger partial charge in [-0.1, -0.05) is 36.4 Å². The van der Waals surface area contributed by atoms with Gasteiger partial charge >= 0.3 is 0 Å². The summed E-state index contributed by atoms with van der Waals surface area (Å²) >= 11 is 0. The molecule has 3 aromatic rings. The lowest BCUT2D eigenvalue weighted by Crippen LogP contribution is -2.21. The van der Waals surface area contributed by atoms with Crippen LogP contribution in [0.2, 0.25) is 0 Å². The number of rotatable bonds is 3. The second-order valence-corrected chi connectivity index (χ2v) is 5.79. The minimum absolute atomic E-state index is 0.122. The topological polar surface area (TPSA) is 55.4 Å². The molecule has 1 aliphatic carbocycles. The lowest BCUT2D eigenvalue weighted by molar-refractivity contribution is 0.0979. The maximum atomic E-state index is 13.0. The minimum Gasteiger partial charge on any atom is -0.497 e. The van der Waals surface area contributed by atoms with Gasteiger partial charge in [0.15, 0.2) is 11.6 Å². The van der Waals surface area contributed by atoms with E-state index < -0.39 is 0 Å². The molecule has 0 aromatic heterocycles. The van der Waals surface area contributed by atoms with Crippen molar-refractivity contribution in [1.82, 2.24) is 0 Å². The lowest BCUT2D eigenvalue weighted by Gasteiger charge is -2.20. The molecule has 1 N–H and O–H groups in total. The number of carbonyl (C=O) groups is 2. The van der Waals surface area contributed by atoms with Crippen molar-refractivity contribution in [3.63, 3.8) is 0 Å². The summed E-state index contributed by atoms with van der Waals surface area (Å²) in [6.45, 7) is 0. The Morgan fingerprint density at radius 3 is 2.04 bits per heavy atom. The van der Waals surface area contributed by atoms with E-state index >= 15 is 0 Å². The lowest BCUT2D eigenvalue weighted by atomic mass is 9.83. The summed E-state index contributed by atoms with van der Waals surface area (Å²) in [7, 11) is 1.61. The van der Waals surface area contributed by atoms with E-state index in [1.165, 1.54) is 0 Å². The molecule has 0 heterocycles. The van der Waals surface area contributed by atoms with E-state index in [1.807, 2.05) is 30.3 Å². The average Bonchev–Trinajstić information content (AvgIpc) is 2.66. The fourth-order valence-corrected chi connectivity index (χ4v) is 3.08. The first-order valence-electron chi connectivity index (χ1n) is 7.91. The standard InChI is InChI=1S/C21H15NO3/c1-25-14-11-9-13(10-12-14)22-18-8-4-7-17-19(18)21(24)16-6-3-2-5-15(16)20(17)23/h2-12,22H,1H3. The molecule has 4 heteroatoms. The first kappa shape index (κ1) is 15.1. The predicted octanol–water partition coefficient (Wildman–Crippen LogP) is 4.21. The SMILES string of the molecule is COc1ccc(Nc2cccc3c2C(=O)c2ccccc2C3=O)cc1. The third kappa shape index (κ3) is 2.48. The van der Waals surface area contributed by atoms with Gasteiger partial charge in [0, 0.05) is 22.4 Å². The second kappa shape index (κ2) is 5.91. The molecule has 0 radical (unpaired) electrons. The van der Waals surface area contributed by atoms with Gasteiger partial charge in [0.1, 0.15) is 5.75 Å². The highest BCUT2D eigenvalue weighted by Crippen LogP contribution is 2.33. The number of hydrogen-bond acceptors (Lipinski definition) is 4. The van der Waals surface area contributed by atoms with Crippen molar-refractivity contribution in [3.8, 4) is 5.75 Å². The van der Waals surface area contributed by atoms with E-state index in [0.717, 1.165) is 11.4 Å². The number of carbonyl (C=O) groups excluding carboxylic acids is 2. The zero-order chi connectivity index (χ0) is 17.4. The molecule has 0 bridgehead atoms. The van der Waals surface area contributed by atoms with Crippen molar-refractivity contribution < 1.29 is 14.3 Å². The molecular formula is C21H15NO3. The molecule has 0 saturated carbocycles. The van der Waals surface area contributed by atoms with Crippen LogP contribution in [-0.4, -0.2) is 18.7 Å². The Labute approximate surface area is 145 Å². The Morgan fingerprint density at radius 1 is 0.720 bits per heavy atom. The molecule has 0 fully saturated rings. The van der Waals surface area contributed by atoms with Gasteiger partial charge in [-0.25, -0.2) is 0 Å². The molecule has 122 valence electrons. The van der Waals surface area contributed by atoms with Crippen molar-refractivity contribution in [1.29, 1.82) is 0 Å². The Morgan fingerprint density at radius 2 is 1.36 bits per heavy atom. The van der Waals surface area contributed by atoms with Crippen molar-refractivity contribution >= 4 is 22.9 Å². The van der Waals surface area contributed by atoms with Crippen molar-refractivity contribution in [3.05, 3.63) is 89.0 Å². The number of ether oxygens (including phenoxy) is 1. The van der Waals surface area contributed by atoms with Crippen LogP contribution < -0.4 is 10.1 Å². The van der Waals surface area contributed by atoms with Crippen LogP contribution in [0.15, 0.2) is 66.7 Å². The zero-order valence-electron chi connectivity index (χ0n) is 13.6. The molecule has 4 nitrogen and oxygen atoms in total. The van der Waals surface area contributed by atoms with Crippen LogP contribution in [0.25, 0.3) is 0 Å². The van der Waals surface area contributed by atoms with Crippen LogP contribution in [0.4, 0.5) is 11.4 Å². The molecule has 25 heavy (non-hydrogen) atoms. The molecule has 3 aromatic carbocycles. The largest absolute Gasteiger partial charge is 0.497 e. The maximum Gasteiger partial charge on any atom is 0.196 e. The third-order valence-electron chi connectivity index (χ3n) is 4.32. The van der Waals surface area contributed by atoms with Gasteiger partial charge in [-0.05, 0) is 30.3 Å². The molecule has 4 rings (SSSR count). The van der Waals surface area contributed by atoms with Gasteiger partial charge in [0.2, 0.25) is 0 Å². The second-order valence-electron chi connectivity index (χ2n) is 5.79. The van der Waals surface area contributed by atoms with E-state index in [9.17, 15) is 9.59 Å². The smallest absolute Gasteiger partial charge is 0.196 e. The Balaban J connectivity index is 1.79. The third-order valence-corrected chi connectivity index (χ3v) is 4.32. The van der Waals surface area contributed by atoms with Crippen molar-refractivity contribution in [2.24, 2.45) is 0 Å². The molecule has 0 atom stereocenters. The summed E-state index contributed by atoms with van der Waals surface area (Å²) in [5, 5.41) is 3.24. The van der Waals surface area contributed by atoms with Gasteiger partial charge < -0.3 is 10.1 Å². The summed E-state index contributed by atoms with van der Waals surface area (Å²) < 4.78 is 5.15. The summed E-state index contributed by atoms with van der Waals surface area (Å²) in [6.07, 6.45) is 0. The van der Waals surface area contributed by atoms with Crippen molar-refractivity contribution in [2.75, 3.05) is 12.4 Å². The van der Waals surface area contributed by atoms with Gasteiger partial charge in [0.05, 0.1) is 18.4 Å². The number of benzene rings is 3. The number of methoxy groups -OCH3 is 1. The fraction of sp³-hybridized carbons (Fsp3) is 0.0476. The number of nitrogens with one attached hydrogen (secondary N) is 1. The monoisotopic (exact) mass is 329 g/mol. The quantitative estimate of drug-likeness (QED) is 0.611. The summed E-state index contributed by atoms with van der Waals surface area (Å²) in [6, 6.07) is 19.6. The Kier molecular flexibility index (Phi) is 3.58. The Bertz CT molecular complexity index is 990. The number of anilines is 2. The van der Waals surface area contributed by atoms with Crippen LogP contribution in [0.3, 0.4) is 0 Å². The van der Waals surface area contributed by atoms with Crippen LogP contribution >= 0.6 is 0 Å². The van der Waals surface area contributed by atoms with Gasteiger partial charge in [0.25, 0.3) is 0 Å². The predicted molar refractivity (Wildman–Crippen MR) is 96.0 cm³/mol. The molecule has 0 aliphatic heterocycles. The van der Waals surface area contributed by atoms with E-state index in [1.54, 1.807) is 43.5 Å². The molecule has 0 saturated heterocycles. The average molecular weight is 329 g/mol. The first-order valence-corrected chi connectivity index (χ1v) is 7.91. The molecule has 0 amide bonds. The van der Waals surface area contributed by atoms with Crippen LogP contribution in [0, 0.1) is 0 Å². The van der Waals surface area contributed by atoms with Crippen LogP contribution in [0.1, 0.15) is 31.8 Å². The summed E-state index contributed by atoms with van der Waals surface area (Å²) in [5.41, 5.74) is 3.19. The highest BCUT2D eigenvalue weighted by molar-refractivity contribution is 6.30. The Hall–Kier alpha value is -3.40. The molecule has 0 unspecified atom stereocenters. The molecular weight excluding hydrogens is 314 g/mol. The van der Waals surface area contributed by atoms with E-state index in [2.05, 4.69) is 5.32 Å². The van der Waals surface area contributed by atoms with E-state index in [4.69, 9.17) is 4.74 Å². The maximum absolute atomic E-state index is 13.0. The van der Waals surface area contributed by atoms with Gasteiger partial charge in [-0.15, -0.1) is 0 Å². The van der Waals surface area contributed by atoms with E-state index in [-0.39, 0.29) is 11.6 Å². The number of fused-ring (bicyclic) bond motifs is 2. The first-order chi connectivity index (χ1) is 12.2. The summed E-state index contributed by atoms with van der Waals surface area (Å²) in [5.74, 6) is 0.492. The van der Waals surface area contributed by atoms with Gasteiger partial charge in [-0.2, -0.15) is 0 Å². The molecule has 0 spiro atoms. The minimum atomic E-state index is -0.137. The van der Waals surface area contributed by atoms with E-state index in [0.29, 0.717) is 27.9 Å². The number of ketones is 2. The van der Waals surface area contributed by atoms with Gasteiger partial charge in [-0.3, -0.25) is 9.59 Å². The highest BCUT2D eigenvalue weighted by atomic mass is 16.5. The normalized spacial score (nSPS) is 12.4. The number of hydrogen-bond donors (Lipinski definition) is 1. The fourth-order valence-electron chi connectivity index (χ4n) is 3.08. The van der Waals surface area contributed by atoms with Crippen LogP contribution in [-0.2, 0) is 0 Å². The highest BCUT2D eigenvalue weighted by Gasteiger charge is 2.31. The van der Waals surface area contributed by atoms with Crippen LogP contribution in [0.5, 0.6) is 5.75 Å². The summed E-state index contributed by atoms with van der Waals surface area (Å²) in [4.78, 5) is 25.7. The molecule has 1 aliphatic rings. The zero-order valence-corrected chi connectivity index (χ0v) is 13.6. The van der Waals surface area contributed by atoms with Crippen molar-refractivity contribution in [2.45, 2.75) is 0 Å².